The minimum absolute atomic E-state index is 0.00623. The van der Waals surface area contributed by atoms with Crippen molar-refractivity contribution in [3.8, 4) is 11.5 Å². The number of ether oxygens (including phenoxy) is 2. The second-order valence-electron chi connectivity index (χ2n) is 39.4. The first kappa shape index (κ1) is 105. The van der Waals surface area contributed by atoms with Crippen LogP contribution in [0.25, 0.3) is 0 Å². The molecule has 12 aromatic rings. The number of nitrogens with zero attached hydrogens (tertiary/aromatic N) is 17. The minimum atomic E-state index is -0.670. The van der Waals surface area contributed by atoms with Crippen molar-refractivity contribution >= 4 is 76.7 Å². The Morgan fingerprint density at radius 2 is 0.839 bits per heavy atom. The topological polar surface area (TPSA) is 555 Å². The normalized spacial score (nSPS) is 17.3. The van der Waals surface area contributed by atoms with E-state index in [-0.39, 0.29) is 68.9 Å². The fraction of sp³-hybridized carbons (Fsp3) is 0.375. The Morgan fingerprint density at radius 1 is 0.423 bits per heavy atom. The van der Waals surface area contributed by atoms with Crippen molar-refractivity contribution in [1.82, 2.24) is 120 Å². The Bertz CT molecular complexity index is 6980. The maximum atomic E-state index is 13.4. The van der Waals surface area contributed by atoms with Crippen molar-refractivity contribution in [3.05, 3.63) is 295 Å². The molecule has 0 radical (unpaired) electrons. The van der Waals surface area contributed by atoms with Crippen LogP contribution in [0.3, 0.4) is 0 Å². The van der Waals surface area contributed by atoms with Crippen molar-refractivity contribution in [2.75, 3.05) is 46.4 Å². The molecule has 782 valence electrons. The molecule has 0 spiro atoms. The van der Waals surface area contributed by atoms with Crippen LogP contribution < -0.4 is 42.4 Å². The van der Waals surface area contributed by atoms with Crippen molar-refractivity contribution < 1.29 is 103 Å². The molecule has 4 bridgehead atoms. The lowest BCUT2D eigenvalue weighted by molar-refractivity contribution is -0.159. The second kappa shape index (κ2) is 45.7. The van der Waals surface area contributed by atoms with Gasteiger partial charge in [0, 0.05) is 143 Å². The molecular weight excluding hydrogens is 1920 g/mol. The van der Waals surface area contributed by atoms with E-state index < -0.39 is 35.4 Å². The molecule has 0 atom stereocenters. The lowest BCUT2D eigenvalue weighted by Crippen LogP contribution is -2.55. The quantitative estimate of drug-likeness (QED) is 0.0230. The summed E-state index contributed by atoms with van der Waals surface area (Å²) >= 11 is 0. The highest BCUT2D eigenvalue weighted by molar-refractivity contribution is 6.03. The predicted octanol–water partition coefficient (Wildman–Crippen LogP) is 8.82. The van der Waals surface area contributed by atoms with Gasteiger partial charge in [0.05, 0.1) is 87.4 Å². The summed E-state index contributed by atoms with van der Waals surface area (Å²) in [4.78, 5) is 180. The van der Waals surface area contributed by atoms with Crippen molar-refractivity contribution in [1.29, 1.82) is 0 Å². The number of ketones is 1. The Balaban J connectivity index is 0.000000128. The van der Waals surface area contributed by atoms with Crippen LogP contribution in [0, 0.1) is 37.0 Å². The number of aromatic amines is 1. The Hall–Kier alpha value is -16.5. The number of fused-ring (bicyclic) bond motifs is 6. The fourth-order valence-corrected chi connectivity index (χ4v) is 21.2. The zero-order valence-corrected chi connectivity index (χ0v) is 83.7. The summed E-state index contributed by atoms with van der Waals surface area (Å²) < 4.78 is 23.5. The molecule has 6 aliphatic heterocycles. The lowest BCUT2D eigenvalue weighted by atomic mass is 9.49. The molecule has 45 heteroatoms. The van der Waals surface area contributed by atoms with E-state index in [0.29, 0.717) is 203 Å². The molecule has 0 saturated heterocycles. The number of hydroxylamine groups is 6. The largest absolute Gasteiger partial charge is 0.497 e. The summed E-state index contributed by atoms with van der Waals surface area (Å²) in [7, 11) is 3.39. The number of amides is 12. The molecule has 4 aliphatic carbocycles. The third-order valence-corrected chi connectivity index (χ3v) is 28.4. The van der Waals surface area contributed by atoms with Gasteiger partial charge in [-0.25, -0.2) is 42.8 Å². The smallest absolute Gasteiger partial charge is 0.295 e. The van der Waals surface area contributed by atoms with Crippen LogP contribution in [0.5, 0.6) is 11.5 Å². The van der Waals surface area contributed by atoms with Gasteiger partial charge in [0.15, 0.2) is 17.2 Å². The van der Waals surface area contributed by atoms with E-state index >= 15 is 0 Å². The van der Waals surface area contributed by atoms with Gasteiger partial charge in [-0.1, -0.05) is 63.2 Å². The van der Waals surface area contributed by atoms with Crippen LogP contribution >= 0.6 is 0 Å². The predicted molar refractivity (Wildman–Crippen MR) is 529 cm³/mol. The van der Waals surface area contributed by atoms with Crippen molar-refractivity contribution in [3.63, 3.8) is 0 Å². The second-order valence-corrected chi connectivity index (χ2v) is 39.4. The summed E-state index contributed by atoms with van der Waals surface area (Å²) in [5, 5.41) is 60.7. The molecule has 8 aromatic heterocycles. The number of aromatic nitrogens is 12. The molecule has 4 saturated carbocycles. The van der Waals surface area contributed by atoms with Crippen LogP contribution in [0.15, 0.2) is 171 Å². The minimum Gasteiger partial charge on any atom is -0.497 e. The number of Topliss-reactive ketones (excluding diaryl/α,β-unsaturated/α-hetero) is 1. The number of methoxy groups -OCH3 is 1. The third-order valence-electron chi connectivity index (χ3n) is 28.4. The average Bonchev–Trinajstić information content (AvgIpc) is 1.03. The maximum Gasteiger partial charge on any atom is 0.295 e. The van der Waals surface area contributed by atoms with Gasteiger partial charge in [0.1, 0.15) is 52.5 Å². The molecule has 13 N–H and O–H groups in total. The monoisotopic (exact) mass is 2040 g/mol. The number of nitrogens with one attached hydrogen (secondary N) is 7. The van der Waals surface area contributed by atoms with E-state index in [4.69, 9.17) is 40.7 Å². The van der Waals surface area contributed by atoms with E-state index in [1.165, 1.54) is 31.7 Å². The molecule has 4 fully saturated rings. The van der Waals surface area contributed by atoms with Crippen LogP contribution in [-0.2, 0) is 102 Å². The maximum absolute atomic E-state index is 13.4. The highest BCUT2D eigenvalue weighted by Crippen LogP contribution is 2.61. The number of aryl methyl sites for hydroxylation is 3. The van der Waals surface area contributed by atoms with Crippen LogP contribution in [0.2, 0.25) is 0 Å². The van der Waals surface area contributed by atoms with E-state index in [2.05, 4.69) is 45.9 Å². The lowest BCUT2D eigenvalue weighted by Gasteiger charge is -2.56. The first-order valence-electron chi connectivity index (χ1n) is 48.9. The summed E-state index contributed by atoms with van der Waals surface area (Å²) in [6, 6.07) is 41.9. The molecule has 14 heterocycles. The highest BCUT2D eigenvalue weighted by Gasteiger charge is 2.56. The van der Waals surface area contributed by atoms with Gasteiger partial charge in [0.2, 0.25) is 5.91 Å². The van der Waals surface area contributed by atoms with Crippen molar-refractivity contribution in [2.45, 2.75) is 177 Å². The van der Waals surface area contributed by atoms with Gasteiger partial charge in [-0.3, -0.25) is 103 Å². The van der Waals surface area contributed by atoms with Crippen LogP contribution in [0.4, 0.5) is 0 Å². The SMILES string of the molecule is CC(=O)c1c(C)[nH]c(C(=O)N2CCn3cc(C(=O)NO)cc3C2)c1C.CC(C)(C)c1ccc(C(=O)N2CCCn3cc(C(=O)NO)cc3C2)cc1.COc1ccc(C(=O)N2CCn3cc(C(=O)NO)nc3C2)cc1.Cn1cccc1C(=O)N1CCn2cc(C(=O)NO)nc2C1.O=C(NO)c1cc2n(n1)CCN(C(=O)C13CC4CC(CC(C4)C1)C3)C2.O=C(NO)c1cc2n(n1)CCN(C(=O)c1ccc(OCc3ccccc3)cc1)C2. The molecule has 12 amide bonds. The van der Waals surface area contributed by atoms with E-state index in [1.54, 1.807) is 191 Å². The summed E-state index contributed by atoms with van der Waals surface area (Å²) in [5.41, 5.74) is 21.1. The summed E-state index contributed by atoms with van der Waals surface area (Å²) in [6.07, 6.45) is 16.4. The van der Waals surface area contributed by atoms with Gasteiger partial charge in [0.25, 0.3) is 65.0 Å². The molecule has 45 nitrogen and oxygen atoms in total. The van der Waals surface area contributed by atoms with Crippen molar-refractivity contribution in [2.24, 2.45) is 30.2 Å². The third kappa shape index (κ3) is 23.8. The molecule has 149 heavy (non-hydrogen) atoms. The number of imidazole rings is 2. The summed E-state index contributed by atoms with van der Waals surface area (Å²) in [5.74, 6) is 0.973. The fourth-order valence-electron chi connectivity index (χ4n) is 21.2. The van der Waals surface area contributed by atoms with Gasteiger partial charge < -0.3 is 66.7 Å². The van der Waals surface area contributed by atoms with Gasteiger partial charge in [-0.05, 0) is 203 Å². The van der Waals surface area contributed by atoms with E-state index in [0.717, 1.165) is 78.3 Å². The number of benzene rings is 4. The van der Waals surface area contributed by atoms with E-state index in [1.807, 2.05) is 102 Å². The molecular formula is C104H120N24O21. The highest BCUT2D eigenvalue weighted by atomic mass is 16.5. The molecule has 22 rings (SSSR count). The Labute approximate surface area is 855 Å². The Kier molecular flexibility index (Phi) is 32.3. The van der Waals surface area contributed by atoms with Gasteiger partial charge >= 0.3 is 0 Å². The molecule has 10 aliphatic rings. The van der Waals surface area contributed by atoms with Crippen LogP contribution in [-0.4, -0.2) is 241 Å². The molecule has 0 unspecified atom stereocenters. The van der Waals surface area contributed by atoms with Crippen LogP contribution in [0.1, 0.15) is 255 Å². The number of hydrogen-bond donors (Lipinski definition) is 13. The van der Waals surface area contributed by atoms with Gasteiger partial charge in [-0.15, -0.1) is 0 Å². The first-order chi connectivity index (χ1) is 71.5. The average molecular weight is 2040 g/mol. The zero-order valence-electron chi connectivity index (χ0n) is 83.7. The standard InChI is InChI=1S/C21H20N4O4.C20H25N3O3.C18H24N4O3.C17H20N4O4.C15H16N4O4.C13H15N5O3/c26-20(23-28)19-12-17-13-24(10-11-25(17)22-19)21(27)16-6-8-18(9-7-16)29-14-15-4-2-1-3-5-15;1-20(2,3)16-7-5-14(6-8-16)19(25)23-10-4-9-22-12-15(18(24)21-26)11-17(22)13-23;23-16(20-25)15-6-14-10-21(1-2-22(14)19-15)17(24)18-7-11-3-12(8-18)5-13(4-11)9-18;1-9-14(11(3)22)10(2)18-15(9)17(24)21-5-4-20-7-12(16(23)19-25)6-13(20)8-21;1-23-11-4-2-10(3-5-11)15(21)19-7-6-18-8-12(14(20)17-22)16-13(18)9-19;1-16-4-2-3-10(16)13(20)18-6-5-17-7-9(12(19)15-21)14-11(17)8-18/h1-9,12,28H,10-11,13-14H2,(H,23,26);5-8,11-12,26H,4,9-10,13H2,1-3H3,(H,21,24);6,11-13,25H,1-5,7-10H2,(H,20,23);6-7,18,25H,4-5,8H2,1-3H3,(H,19,23);2-5,8,22H,6-7,9H2,1H3,(H,17,20);2-4,7,21H,5-6,8H2,1H3,(H,15,19). The van der Waals surface area contributed by atoms with E-state index in [9.17, 15) is 62.3 Å². The first-order valence-corrected chi connectivity index (χ1v) is 48.9. The Morgan fingerprint density at radius 3 is 1.30 bits per heavy atom. The number of carbonyl (C=O) groups is 13. The van der Waals surface area contributed by atoms with Gasteiger partial charge in [-0.2, -0.15) is 10.2 Å². The number of rotatable bonds is 17. The number of carbonyl (C=O) groups excluding carboxylic acids is 13. The number of hydrogen-bond acceptors (Lipinski definition) is 25. The summed E-state index contributed by atoms with van der Waals surface area (Å²) in [6.45, 7) is 21.1. The zero-order chi connectivity index (χ0) is 106. The number of H-pyrrole nitrogens is 1. The molecule has 4 aromatic carbocycles.